The largest absolute Gasteiger partial charge is 0.398 e. The summed E-state index contributed by atoms with van der Waals surface area (Å²) in [4.78, 5) is 12.8. The van der Waals surface area contributed by atoms with Crippen LogP contribution < -0.4 is 5.73 Å². The fourth-order valence-electron chi connectivity index (χ4n) is 3.28. The molecule has 1 aromatic rings. The first kappa shape index (κ1) is 13.0. The van der Waals surface area contributed by atoms with E-state index in [2.05, 4.69) is 0 Å². The number of hydrogen-bond donors (Lipinski definition) is 1. The van der Waals surface area contributed by atoms with Crippen molar-refractivity contribution in [2.24, 2.45) is 17.8 Å². The van der Waals surface area contributed by atoms with Gasteiger partial charge < -0.3 is 5.73 Å². The smallest absolute Gasteiger partial charge is 0.166 e. The second-order valence-corrected chi connectivity index (χ2v) is 6.42. The van der Waals surface area contributed by atoms with E-state index in [0.29, 0.717) is 22.5 Å². The van der Waals surface area contributed by atoms with Crippen molar-refractivity contribution >= 4 is 23.1 Å². The SMILES string of the molecule is Nc1ccc(C(=O)C(C2CCC2)C2CCC2)cc1Cl. The molecular weight excluding hydrogens is 258 g/mol. The second kappa shape index (κ2) is 5.16. The summed E-state index contributed by atoms with van der Waals surface area (Å²) in [5.41, 5.74) is 7.00. The van der Waals surface area contributed by atoms with E-state index in [0.717, 1.165) is 5.56 Å². The number of benzene rings is 1. The van der Waals surface area contributed by atoms with Gasteiger partial charge in [-0.25, -0.2) is 0 Å². The van der Waals surface area contributed by atoms with Crippen molar-refractivity contribution in [3.8, 4) is 0 Å². The minimum absolute atomic E-state index is 0.224. The zero-order valence-corrected chi connectivity index (χ0v) is 11.8. The lowest BCUT2D eigenvalue weighted by Gasteiger charge is -2.41. The molecule has 2 nitrogen and oxygen atoms in total. The summed E-state index contributed by atoms with van der Waals surface area (Å²) in [7, 11) is 0. The van der Waals surface area contributed by atoms with Crippen LogP contribution in [0.1, 0.15) is 48.9 Å². The van der Waals surface area contributed by atoms with Gasteiger partial charge in [-0.3, -0.25) is 4.79 Å². The molecule has 0 amide bonds. The number of nitrogens with two attached hydrogens (primary N) is 1. The van der Waals surface area contributed by atoms with Crippen LogP contribution in [0.4, 0.5) is 5.69 Å². The molecule has 2 aliphatic rings. The number of nitrogen functional groups attached to an aromatic ring is 1. The van der Waals surface area contributed by atoms with Gasteiger partial charge in [0, 0.05) is 11.5 Å². The van der Waals surface area contributed by atoms with Crippen molar-refractivity contribution in [1.82, 2.24) is 0 Å². The zero-order chi connectivity index (χ0) is 13.4. The number of rotatable bonds is 4. The molecule has 0 bridgehead atoms. The van der Waals surface area contributed by atoms with Crippen LogP contribution in [0.2, 0.25) is 5.02 Å². The van der Waals surface area contributed by atoms with Crippen molar-refractivity contribution in [2.45, 2.75) is 38.5 Å². The lowest BCUT2D eigenvalue weighted by atomic mass is 9.62. The molecule has 2 saturated carbocycles. The number of ketones is 1. The Hall–Kier alpha value is -1.02. The van der Waals surface area contributed by atoms with Crippen LogP contribution in [-0.2, 0) is 0 Å². The topological polar surface area (TPSA) is 43.1 Å². The van der Waals surface area contributed by atoms with Gasteiger partial charge in [-0.1, -0.05) is 24.4 Å². The summed E-state index contributed by atoms with van der Waals surface area (Å²) in [5.74, 6) is 1.72. The fraction of sp³-hybridized carbons (Fsp3) is 0.562. The van der Waals surface area contributed by atoms with Crippen LogP contribution in [0.5, 0.6) is 0 Å². The molecule has 0 aliphatic heterocycles. The van der Waals surface area contributed by atoms with Crippen LogP contribution in [0.15, 0.2) is 18.2 Å². The number of anilines is 1. The molecule has 1 aromatic carbocycles. The molecule has 0 unspecified atom stereocenters. The molecule has 0 spiro atoms. The molecule has 19 heavy (non-hydrogen) atoms. The Morgan fingerprint density at radius 1 is 1.16 bits per heavy atom. The van der Waals surface area contributed by atoms with Crippen LogP contribution in [0.25, 0.3) is 0 Å². The average molecular weight is 278 g/mol. The molecule has 0 heterocycles. The molecule has 2 fully saturated rings. The molecule has 3 heteroatoms. The number of halogens is 1. The van der Waals surface area contributed by atoms with Gasteiger partial charge in [-0.2, -0.15) is 0 Å². The van der Waals surface area contributed by atoms with Gasteiger partial charge in [0.25, 0.3) is 0 Å². The highest BCUT2D eigenvalue weighted by molar-refractivity contribution is 6.33. The maximum absolute atomic E-state index is 12.8. The Bertz CT molecular complexity index is 478. The average Bonchev–Trinajstić information content (AvgIpc) is 2.26. The summed E-state index contributed by atoms with van der Waals surface area (Å²) in [6.07, 6.45) is 7.43. The van der Waals surface area contributed by atoms with Gasteiger partial charge in [0.2, 0.25) is 0 Å². The lowest BCUT2D eigenvalue weighted by molar-refractivity contribution is 0.0578. The first-order valence-corrected chi connectivity index (χ1v) is 7.64. The zero-order valence-electron chi connectivity index (χ0n) is 11.1. The monoisotopic (exact) mass is 277 g/mol. The Balaban J connectivity index is 1.84. The molecule has 0 aromatic heterocycles. The first-order chi connectivity index (χ1) is 9.16. The number of carbonyl (C=O) groups excluding carboxylic acids is 1. The highest BCUT2D eigenvalue weighted by Crippen LogP contribution is 2.46. The minimum Gasteiger partial charge on any atom is -0.398 e. The normalized spacial score (nSPS) is 20.1. The van der Waals surface area contributed by atoms with Gasteiger partial charge >= 0.3 is 0 Å². The third-order valence-electron chi connectivity index (χ3n) is 4.90. The highest BCUT2D eigenvalue weighted by atomic mass is 35.5. The quantitative estimate of drug-likeness (QED) is 0.658. The van der Waals surface area contributed by atoms with Gasteiger partial charge in [-0.05, 0) is 55.7 Å². The predicted molar refractivity (Wildman–Crippen MR) is 78.4 cm³/mol. The van der Waals surface area contributed by atoms with Gasteiger partial charge in [0.1, 0.15) is 0 Å². The maximum atomic E-state index is 12.8. The van der Waals surface area contributed by atoms with E-state index in [1.54, 1.807) is 12.1 Å². The van der Waals surface area contributed by atoms with Crippen molar-refractivity contribution in [3.05, 3.63) is 28.8 Å². The van der Waals surface area contributed by atoms with Gasteiger partial charge in [-0.15, -0.1) is 0 Å². The van der Waals surface area contributed by atoms with E-state index in [1.807, 2.05) is 6.07 Å². The molecule has 0 radical (unpaired) electrons. The Kier molecular flexibility index (Phi) is 3.53. The van der Waals surface area contributed by atoms with Crippen LogP contribution in [-0.4, -0.2) is 5.78 Å². The van der Waals surface area contributed by atoms with Crippen LogP contribution in [0.3, 0.4) is 0 Å². The van der Waals surface area contributed by atoms with Crippen LogP contribution >= 0.6 is 11.6 Å². The maximum Gasteiger partial charge on any atom is 0.166 e. The van der Waals surface area contributed by atoms with E-state index in [1.165, 1.54) is 38.5 Å². The minimum atomic E-state index is 0.224. The molecule has 0 atom stereocenters. The number of hydrogen-bond acceptors (Lipinski definition) is 2. The van der Waals surface area contributed by atoms with Crippen molar-refractivity contribution in [2.75, 3.05) is 5.73 Å². The molecule has 2 N–H and O–H groups in total. The fourth-order valence-corrected chi connectivity index (χ4v) is 3.46. The van der Waals surface area contributed by atoms with Crippen molar-refractivity contribution < 1.29 is 4.79 Å². The molecule has 102 valence electrons. The van der Waals surface area contributed by atoms with E-state index in [4.69, 9.17) is 17.3 Å². The van der Waals surface area contributed by atoms with E-state index in [-0.39, 0.29) is 11.7 Å². The van der Waals surface area contributed by atoms with Gasteiger partial charge in [0.05, 0.1) is 10.7 Å². The van der Waals surface area contributed by atoms with E-state index in [9.17, 15) is 4.79 Å². The van der Waals surface area contributed by atoms with Crippen molar-refractivity contribution in [1.29, 1.82) is 0 Å². The standard InChI is InChI=1S/C16H20ClNO/c17-13-9-12(7-8-14(13)18)16(19)15(10-3-1-4-10)11-5-2-6-11/h7-11,15H,1-6,18H2. The summed E-state index contributed by atoms with van der Waals surface area (Å²) in [6, 6.07) is 5.31. The van der Waals surface area contributed by atoms with E-state index >= 15 is 0 Å². The van der Waals surface area contributed by atoms with Crippen molar-refractivity contribution in [3.63, 3.8) is 0 Å². The molecule has 2 aliphatic carbocycles. The second-order valence-electron chi connectivity index (χ2n) is 6.01. The third kappa shape index (κ3) is 2.38. The van der Waals surface area contributed by atoms with E-state index < -0.39 is 0 Å². The summed E-state index contributed by atoms with van der Waals surface area (Å²) >= 11 is 6.04. The first-order valence-electron chi connectivity index (χ1n) is 7.26. The molecular formula is C16H20ClNO. The van der Waals surface area contributed by atoms with Crippen LogP contribution in [0, 0.1) is 17.8 Å². The number of carbonyl (C=O) groups is 1. The Labute approximate surface area is 119 Å². The highest BCUT2D eigenvalue weighted by Gasteiger charge is 2.40. The Morgan fingerprint density at radius 2 is 1.74 bits per heavy atom. The molecule has 0 saturated heterocycles. The number of Topliss-reactive ketones (excluding diaryl/α,β-unsaturated/α-hetero) is 1. The summed E-state index contributed by atoms with van der Waals surface area (Å²) < 4.78 is 0. The van der Waals surface area contributed by atoms with Gasteiger partial charge in [0.15, 0.2) is 5.78 Å². The summed E-state index contributed by atoms with van der Waals surface area (Å²) in [6.45, 7) is 0. The Morgan fingerprint density at radius 3 is 2.16 bits per heavy atom. The summed E-state index contributed by atoms with van der Waals surface area (Å²) in [5, 5.41) is 0.492. The predicted octanol–water partition coefficient (Wildman–Crippen LogP) is 4.32. The molecule has 3 rings (SSSR count). The third-order valence-corrected chi connectivity index (χ3v) is 5.23. The lowest BCUT2D eigenvalue weighted by Crippen LogP contribution is -2.37.